The highest BCUT2D eigenvalue weighted by molar-refractivity contribution is 6.00. The van der Waals surface area contributed by atoms with Crippen LogP contribution in [0.4, 0.5) is 4.39 Å². The standard InChI is InChI=1S/C14H16FNO/c15-11-3-1-2-10(8-11)13(17)12-9-14(12)4-6-16-7-5-14/h1-3,8,12,16H,4-7,9H2. The van der Waals surface area contributed by atoms with E-state index in [0.29, 0.717) is 5.56 Å². The fourth-order valence-corrected chi connectivity index (χ4v) is 3.04. The van der Waals surface area contributed by atoms with Crippen molar-refractivity contribution in [1.29, 1.82) is 0 Å². The quantitative estimate of drug-likeness (QED) is 0.795. The van der Waals surface area contributed by atoms with Crippen LogP contribution in [-0.4, -0.2) is 18.9 Å². The smallest absolute Gasteiger partial charge is 0.166 e. The summed E-state index contributed by atoms with van der Waals surface area (Å²) in [6, 6.07) is 6.07. The van der Waals surface area contributed by atoms with Crippen LogP contribution in [0, 0.1) is 17.2 Å². The Morgan fingerprint density at radius 1 is 1.35 bits per heavy atom. The molecule has 2 fully saturated rings. The van der Waals surface area contributed by atoms with Crippen molar-refractivity contribution in [1.82, 2.24) is 5.32 Å². The zero-order valence-electron chi connectivity index (χ0n) is 9.71. The topological polar surface area (TPSA) is 29.1 Å². The van der Waals surface area contributed by atoms with Crippen molar-refractivity contribution in [3.63, 3.8) is 0 Å². The first-order chi connectivity index (χ1) is 8.21. The number of carbonyl (C=O) groups excluding carboxylic acids is 1. The number of carbonyl (C=O) groups is 1. The van der Waals surface area contributed by atoms with Crippen molar-refractivity contribution in [2.45, 2.75) is 19.3 Å². The van der Waals surface area contributed by atoms with E-state index in [2.05, 4.69) is 5.32 Å². The number of halogens is 1. The van der Waals surface area contributed by atoms with E-state index in [4.69, 9.17) is 0 Å². The second kappa shape index (κ2) is 3.91. The third kappa shape index (κ3) is 1.89. The summed E-state index contributed by atoms with van der Waals surface area (Å²) in [5.74, 6) is -0.0614. The zero-order chi connectivity index (χ0) is 11.9. The Bertz CT molecular complexity index is 451. The van der Waals surface area contributed by atoms with Gasteiger partial charge in [0.1, 0.15) is 5.82 Å². The highest BCUT2D eigenvalue weighted by Gasteiger charge is 2.57. The third-order valence-electron chi connectivity index (χ3n) is 4.21. The first-order valence-electron chi connectivity index (χ1n) is 6.22. The summed E-state index contributed by atoms with van der Waals surface area (Å²) in [4.78, 5) is 12.2. The van der Waals surface area contributed by atoms with Crippen LogP contribution in [0.15, 0.2) is 24.3 Å². The van der Waals surface area contributed by atoms with Gasteiger partial charge in [0.05, 0.1) is 0 Å². The number of ketones is 1. The molecule has 1 saturated heterocycles. The molecule has 2 nitrogen and oxygen atoms in total. The van der Waals surface area contributed by atoms with Gasteiger partial charge in [0.15, 0.2) is 5.78 Å². The lowest BCUT2D eigenvalue weighted by molar-refractivity contribution is 0.0940. The molecule has 0 radical (unpaired) electrons. The Morgan fingerprint density at radius 3 is 2.82 bits per heavy atom. The van der Waals surface area contributed by atoms with E-state index in [1.54, 1.807) is 12.1 Å². The molecule has 1 atom stereocenters. The van der Waals surface area contributed by atoms with Gasteiger partial charge in [-0.15, -0.1) is 0 Å². The second-order valence-corrected chi connectivity index (χ2v) is 5.24. The largest absolute Gasteiger partial charge is 0.317 e. The zero-order valence-corrected chi connectivity index (χ0v) is 9.71. The van der Waals surface area contributed by atoms with Crippen LogP contribution in [0.2, 0.25) is 0 Å². The molecule has 3 rings (SSSR count). The lowest BCUT2D eigenvalue weighted by atomic mass is 9.89. The number of piperidine rings is 1. The Morgan fingerprint density at radius 2 is 2.12 bits per heavy atom. The van der Waals surface area contributed by atoms with Crippen LogP contribution in [0.1, 0.15) is 29.6 Å². The molecule has 0 aromatic heterocycles. The molecular formula is C14H16FNO. The minimum absolute atomic E-state index is 0.131. The van der Waals surface area contributed by atoms with Crippen molar-refractivity contribution in [2.75, 3.05) is 13.1 Å². The average molecular weight is 233 g/mol. The number of Topliss-reactive ketones (excluding diaryl/α,β-unsaturated/α-hetero) is 1. The van der Waals surface area contributed by atoms with E-state index < -0.39 is 0 Å². The highest BCUT2D eigenvalue weighted by Crippen LogP contribution is 2.59. The fraction of sp³-hybridized carbons (Fsp3) is 0.500. The van der Waals surface area contributed by atoms with E-state index in [1.165, 1.54) is 12.1 Å². The third-order valence-corrected chi connectivity index (χ3v) is 4.21. The molecule has 90 valence electrons. The summed E-state index contributed by atoms with van der Waals surface area (Å²) in [5.41, 5.74) is 0.764. The maximum Gasteiger partial charge on any atom is 0.166 e. The molecule has 1 heterocycles. The summed E-state index contributed by atoms with van der Waals surface area (Å²) in [7, 11) is 0. The van der Waals surface area contributed by atoms with Crippen molar-refractivity contribution in [2.24, 2.45) is 11.3 Å². The molecule has 1 N–H and O–H groups in total. The predicted octanol–water partition coefficient (Wildman–Crippen LogP) is 2.40. The average Bonchev–Trinajstić information content (AvgIpc) is 3.03. The lowest BCUT2D eigenvalue weighted by Crippen LogP contribution is -2.30. The van der Waals surface area contributed by atoms with Gasteiger partial charge in [-0.1, -0.05) is 12.1 Å². The molecule has 0 bridgehead atoms. The van der Waals surface area contributed by atoms with Crippen molar-refractivity contribution in [3.05, 3.63) is 35.6 Å². The SMILES string of the molecule is O=C(c1cccc(F)c1)C1CC12CCNCC2. The van der Waals surface area contributed by atoms with Crippen molar-refractivity contribution in [3.8, 4) is 0 Å². The van der Waals surface area contributed by atoms with E-state index in [1.807, 2.05) is 0 Å². The Kier molecular flexibility index (Phi) is 2.51. The van der Waals surface area contributed by atoms with Crippen LogP contribution < -0.4 is 5.32 Å². The molecule has 1 aliphatic carbocycles. The molecule has 1 unspecified atom stereocenters. The van der Waals surface area contributed by atoms with Gasteiger partial charge in [-0.2, -0.15) is 0 Å². The lowest BCUT2D eigenvalue weighted by Gasteiger charge is -2.23. The van der Waals surface area contributed by atoms with Crippen LogP contribution in [0.25, 0.3) is 0 Å². The minimum Gasteiger partial charge on any atom is -0.317 e. The van der Waals surface area contributed by atoms with Gasteiger partial charge in [0, 0.05) is 11.5 Å². The fourth-order valence-electron chi connectivity index (χ4n) is 3.04. The second-order valence-electron chi connectivity index (χ2n) is 5.24. The molecular weight excluding hydrogens is 217 g/mol. The number of benzene rings is 1. The first kappa shape index (κ1) is 10.9. The molecule has 3 heteroatoms. The van der Waals surface area contributed by atoms with Crippen LogP contribution in [-0.2, 0) is 0 Å². The van der Waals surface area contributed by atoms with Gasteiger partial charge in [-0.05, 0) is 49.9 Å². The van der Waals surface area contributed by atoms with E-state index in [9.17, 15) is 9.18 Å². The number of nitrogens with one attached hydrogen (secondary N) is 1. The Labute approximate surface area is 100 Å². The minimum atomic E-state index is -0.323. The molecule has 2 aliphatic rings. The molecule has 1 saturated carbocycles. The summed E-state index contributed by atoms with van der Waals surface area (Å²) < 4.78 is 13.1. The van der Waals surface area contributed by atoms with Gasteiger partial charge in [-0.25, -0.2) is 4.39 Å². The number of hydrogen-bond acceptors (Lipinski definition) is 2. The maximum atomic E-state index is 13.1. The van der Waals surface area contributed by atoms with Crippen LogP contribution >= 0.6 is 0 Å². The normalized spacial score (nSPS) is 25.8. The van der Waals surface area contributed by atoms with E-state index in [-0.39, 0.29) is 22.9 Å². The molecule has 1 spiro atoms. The maximum absolute atomic E-state index is 13.1. The Balaban J connectivity index is 1.76. The number of hydrogen-bond donors (Lipinski definition) is 1. The van der Waals surface area contributed by atoms with Crippen LogP contribution in [0.5, 0.6) is 0 Å². The molecule has 1 aromatic rings. The summed E-state index contributed by atoms with van der Waals surface area (Å²) in [5, 5.41) is 3.32. The van der Waals surface area contributed by atoms with Gasteiger partial charge >= 0.3 is 0 Å². The highest BCUT2D eigenvalue weighted by atomic mass is 19.1. The van der Waals surface area contributed by atoms with Gasteiger partial charge in [0.25, 0.3) is 0 Å². The first-order valence-corrected chi connectivity index (χ1v) is 6.22. The molecule has 1 aromatic carbocycles. The van der Waals surface area contributed by atoms with Crippen molar-refractivity contribution < 1.29 is 9.18 Å². The molecule has 0 amide bonds. The van der Waals surface area contributed by atoms with Crippen molar-refractivity contribution >= 4 is 5.78 Å². The molecule has 1 aliphatic heterocycles. The Hall–Kier alpha value is -1.22. The van der Waals surface area contributed by atoms with Crippen LogP contribution in [0.3, 0.4) is 0 Å². The van der Waals surface area contributed by atoms with E-state index >= 15 is 0 Å². The molecule has 17 heavy (non-hydrogen) atoms. The number of rotatable bonds is 2. The van der Waals surface area contributed by atoms with E-state index in [0.717, 1.165) is 32.4 Å². The van der Waals surface area contributed by atoms with Gasteiger partial charge < -0.3 is 5.32 Å². The summed E-state index contributed by atoms with van der Waals surface area (Å²) in [6.07, 6.45) is 3.15. The van der Waals surface area contributed by atoms with Gasteiger partial charge in [0.2, 0.25) is 0 Å². The van der Waals surface area contributed by atoms with Gasteiger partial charge in [-0.3, -0.25) is 4.79 Å². The monoisotopic (exact) mass is 233 g/mol. The predicted molar refractivity (Wildman–Crippen MR) is 63.4 cm³/mol. The summed E-state index contributed by atoms with van der Waals surface area (Å²) >= 11 is 0. The summed E-state index contributed by atoms with van der Waals surface area (Å²) in [6.45, 7) is 2.01.